The van der Waals surface area contributed by atoms with Crippen LogP contribution in [0, 0.1) is 5.82 Å². The van der Waals surface area contributed by atoms with Gasteiger partial charge in [-0.2, -0.15) is 0 Å². The van der Waals surface area contributed by atoms with Gasteiger partial charge >= 0.3 is 6.03 Å². The molecule has 0 bridgehead atoms. The van der Waals surface area contributed by atoms with E-state index in [-0.39, 0.29) is 24.4 Å². The van der Waals surface area contributed by atoms with E-state index in [4.69, 9.17) is 0 Å². The number of nitrogens with zero attached hydrogens (tertiary/aromatic N) is 3. The van der Waals surface area contributed by atoms with Gasteiger partial charge in [-0.1, -0.05) is 12.1 Å². The van der Waals surface area contributed by atoms with E-state index >= 15 is 0 Å². The van der Waals surface area contributed by atoms with Crippen LogP contribution in [0.2, 0.25) is 0 Å². The van der Waals surface area contributed by atoms with E-state index in [1.807, 2.05) is 17.5 Å². The van der Waals surface area contributed by atoms with E-state index < -0.39 is 6.10 Å². The van der Waals surface area contributed by atoms with Gasteiger partial charge in [0.05, 0.1) is 18.3 Å². The average Bonchev–Trinajstić information content (AvgIpc) is 3.45. The molecule has 0 radical (unpaired) electrons. The van der Waals surface area contributed by atoms with Crippen LogP contribution in [0.1, 0.15) is 24.5 Å². The van der Waals surface area contributed by atoms with Crippen molar-refractivity contribution in [1.29, 1.82) is 0 Å². The maximum absolute atomic E-state index is 13.1. The van der Waals surface area contributed by atoms with E-state index in [1.54, 1.807) is 17.3 Å². The van der Waals surface area contributed by atoms with E-state index in [2.05, 4.69) is 15.3 Å². The van der Waals surface area contributed by atoms with Gasteiger partial charge in [0.2, 0.25) is 0 Å². The molecule has 0 saturated heterocycles. The zero-order valence-electron chi connectivity index (χ0n) is 15.0. The molecular weight excluding hydrogens is 379 g/mol. The van der Waals surface area contributed by atoms with Crippen LogP contribution >= 0.6 is 11.3 Å². The van der Waals surface area contributed by atoms with E-state index in [9.17, 15) is 14.3 Å². The highest BCUT2D eigenvalue weighted by atomic mass is 32.1. The lowest BCUT2D eigenvalue weighted by atomic mass is 10.1. The summed E-state index contributed by atoms with van der Waals surface area (Å²) < 4.78 is 13.1. The standard InChI is InChI=1S/C20H19FN4O2S/c21-15-5-3-13(4-6-15)18(26)11-25(16-7-8-16)20(27)24-19-23-17(12-28-19)14-2-1-9-22-10-14/h1-6,9-10,12,16,18,26H,7-8,11H2,(H,23,24,27)/t18-/m1/s1. The lowest BCUT2D eigenvalue weighted by Gasteiger charge is -2.25. The molecule has 28 heavy (non-hydrogen) atoms. The number of hydrogen-bond donors (Lipinski definition) is 2. The number of carbonyl (C=O) groups is 1. The number of hydrogen-bond acceptors (Lipinski definition) is 5. The number of anilines is 1. The van der Waals surface area contributed by atoms with Crippen molar-refractivity contribution in [2.24, 2.45) is 0 Å². The van der Waals surface area contributed by atoms with Crippen molar-refractivity contribution in [1.82, 2.24) is 14.9 Å². The number of urea groups is 1. The van der Waals surface area contributed by atoms with Crippen molar-refractivity contribution >= 4 is 22.5 Å². The molecule has 0 spiro atoms. The molecule has 2 aromatic heterocycles. The van der Waals surface area contributed by atoms with Gasteiger partial charge in [0.25, 0.3) is 0 Å². The molecule has 0 aliphatic heterocycles. The number of halogens is 1. The zero-order valence-corrected chi connectivity index (χ0v) is 15.8. The first kappa shape index (κ1) is 18.5. The fraction of sp³-hybridized carbons (Fsp3) is 0.250. The molecule has 4 rings (SSSR count). The van der Waals surface area contributed by atoms with Gasteiger partial charge in [0, 0.05) is 29.4 Å². The van der Waals surface area contributed by atoms with E-state index in [0.29, 0.717) is 10.7 Å². The molecule has 1 fully saturated rings. The third-order valence-electron chi connectivity index (χ3n) is 4.55. The van der Waals surface area contributed by atoms with Crippen LogP contribution in [0.25, 0.3) is 11.3 Å². The Morgan fingerprint density at radius 3 is 2.79 bits per heavy atom. The normalized spacial score (nSPS) is 14.5. The van der Waals surface area contributed by atoms with Crippen molar-refractivity contribution in [2.75, 3.05) is 11.9 Å². The minimum absolute atomic E-state index is 0.104. The second-order valence-electron chi connectivity index (χ2n) is 6.66. The third kappa shape index (κ3) is 4.35. The lowest BCUT2D eigenvalue weighted by molar-refractivity contribution is 0.123. The van der Waals surface area contributed by atoms with Crippen LogP contribution in [0.15, 0.2) is 54.2 Å². The van der Waals surface area contributed by atoms with Crippen LogP contribution in [-0.2, 0) is 0 Å². The molecule has 8 heteroatoms. The van der Waals surface area contributed by atoms with E-state index in [1.165, 1.54) is 35.6 Å². The number of carbonyl (C=O) groups excluding carboxylic acids is 1. The first-order valence-corrected chi connectivity index (χ1v) is 9.85. The van der Waals surface area contributed by atoms with Crippen LogP contribution in [-0.4, -0.2) is 38.6 Å². The van der Waals surface area contributed by atoms with Gasteiger partial charge in [-0.15, -0.1) is 11.3 Å². The Hall–Kier alpha value is -2.84. The molecule has 2 N–H and O–H groups in total. The largest absolute Gasteiger partial charge is 0.387 e. The minimum atomic E-state index is -0.880. The SMILES string of the molecule is O=C(Nc1nc(-c2cccnc2)cs1)N(C[C@@H](O)c1ccc(F)cc1)C1CC1. The Morgan fingerprint density at radius 2 is 2.11 bits per heavy atom. The fourth-order valence-corrected chi connectivity index (χ4v) is 3.61. The highest BCUT2D eigenvalue weighted by Gasteiger charge is 2.34. The summed E-state index contributed by atoms with van der Waals surface area (Å²) in [5, 5.41) is 15.6. The summed E-state index contributed by atoms with van der Waals surface area (Å²) in [5.74, 6) is -0.360. The first-order valence-electron chi connectivity index (χ1n) is 8.97. The number of thiazole rings is 1. The molecule has 0 unspecified atom stereocenters. The number of rotatable bonds is 6. The molecule has 1 aliphatic rings. The Bertz CT molecular complexity index is 944. The Balaban J connectivity index is 1.43. The van der Waals surface area contributed by atoms with Crippen LogP contribution in [0.4, 0.5) is 14.3 Å². The second-order valence-corrected chi connectivity index (χ2v) is 7.52. The molecular formula is C20H19FN4O2S. The molecule has 6 nitrogen and oxygen atoms in total. The topological polar surface area (TPSA) is 78.4 Å². The van der Waals surface area contributed by atoms with Crippen molar-refractivity contribution in [3.05, 3.63) is 65.6 Å². The van der Waals surface area contributed by atoms with Gasteiger partial charge < -0.3 is 10.0 Å². The number of amides is 2. The monoisotopic (exact) mass is 398 g/mol. The number of aliphatic hydroxyl groups is 1. The zero-order chi connectivity index (χ0) is 19.5. The highest BCUT2D eigenvalue weighted by molar-refractivity contribution is 7.14. The molecule has 2 heterocycles. The summed E-state index contributed by atoms with van der Waals surface area (Å²) in [6, 6.07) is 9.21. The smallest absolute Gasteiger partial charge is 0.323 e. The summed E-state index contributed by atoms with van der Waals surface area (Å²) in [6.45, 7) is 0.142. The molecule has 1 aliphatic carbocycles. The van der Waals surface area contributed by atoms with Crippen LogP contribution in [0.3, 0.4) is 0 Å². The third-order valence-corrected chi connectivity index (χ3v) is 5.31. The van der Waals surface area contributed by atoms with Crippen LogP contribution in [0.5, 0.6) is 0 Å². The van der Waals surface area contributed by atoms with Gasteiger partial charge in [-0.3, -0.25) is 10.3 Å². The predicted molar refractivity (Wildman–Crippen MR) is 105 cm³/mol. The van der Waals surface area contributed by atoms with Crippen molar-refractivity contribution < 1.29 is 14.3 Å². The van der Waals surface area contributed by atoms with Crippen molar-refractivity contribution in [3.63, 3.8) is 0 Å². The summed E-state index contributed by atoms with van der Waals surface area (Å²) in [7, 11) is 0. The summed E-state index contributed by atoms with van der Waals surface area (Å²) in [5.41, 5.74) is 2.20. The molecule has 1 atom stereocenters. The number of nitrogens with one attached hydrogen (secondary N) is 1. The van der Waals surface area contributed by atoms with Gasteiger partial charge in [0.1, 0.15) is 5.82 Å². The number of benzene rings is 1. The fourth-order valence-electron chi connectivity index (χ4n) is 2.90. The summed E-state index contributed by atoms with van der Waals surface area (Å²) in [4.78, 5) is 22.9. The quantitative estimate of drug-likeness (QED) is 0.656. The van der Waals surface area contributed by atoms with Gasteiger partial charge in [-0.25, -0.2) is 14.2 Å². The van der Waals surface area contributed by atoms with Crippen LogP contribution < -0.4 is 5.32 Å². The Morgan fingerprint density at radius 1 is 1.32 bits per heavy atom. The van der Waals surface area contributed by atoms with E-state index in [0.717, 1.165) is 24.1 Å². The predicted octanol–water partition coefficient (Wildman–Crippen LogP) is 4.07. The lowest BCUT2D eigenvalue weighted by Crippen LogP contribution is -2.39. The summed E-state index contributed by atoms with van der Waals surface area (Å²) >= 11 is 1.34. The van der Waals surface area contributed by atoms with Crippen molar-refractivity contribution in [2.45, 2.75) is 25.0 Å². The minimum Gasteiger partial charge on any atom is -0.387 e. The molecule has 2 amide bonds. The number of pyridine rings is 1. The number of aliphatic hydroxyl groups excluding tert-OH is 1. The maximum Gasteiger partial charge on any atom is 0.323 e. The number of aromatic nitrogens is 2. The van der Waals surface area contributed by atoms with Crippen molar-refractivity contribution in [3.8, 4) is 11.3 Å². The molecule has 1 aromatic carbocycles. The summed E-state index contributed by atoms with van der Waals surface area (Å²) in [6.07, 6.45) is 4.34. The maximum atomic E-state index is 13.1. The average molecular weight is 398 g/mol. The van der Waals surface area contributed by atoms with Gasteiger partial charge in [-0.05, 0) is 42.7 Å². The Labute approximate surface area is 165 Å². The molecule has 1 saturated carbocycles. The molecule has 144 valence electrons. The first-order chi connectivity index (χ1) is 13.6. The Kier molecular flexibility index (Phi) is 5.31. The highest BCUT2D eigenvalue weighted by Crippen LogP contribution is 2.30. The second kappa shape index (κ2) is 8.04. The molecule has 3 aromatic rings. The van der Waals surface area contributed by atoms with Gasteiger partial charge in [0.15, 0.2) is 5.13 Å².